The molecule has 0 bridgehead atoms. The van der Waals surface area contributed by atoms with Gasteiger partial charge in [0.25, 0.3) is 0 Å². The van der Waals surface area contributed by atoms with Gasteiger partial charge in [0.1, 0.15) is 6.10 Å². The van der Waals surface area contributed by atoms with Gasteiger partial charge in [-0.15, -0.1) is 11.3 Å². The Balaban J connectivity index is 2.06. The van der Waals surface area contributed by atoms with Crippen LogP contribution in [0.2, 0.25) is 4.34 Å². The Morgan fingerprint density at radius 3 is 3.00 bits per heavy atom. The Labute approximate surface area is 90.6 Å². The molecule has 1 atom stereocenters. The lowest BCUT2D eigenvalue weighted by molar-refractivity contribution is 0.155. The molecule has 0 fully saturated rings. The largest absolute Gasteiger partial charge is 0.386 e. The summed E-state index contributed by atoms with van der Waals surface area (Å²) >= 11 is 7.16. The Morgan fingerprint density at radius 1 is 1.57 bits per heavy atom. The van der Waals surface area contributed by atoms with Crippen molar-refractivity contribution in [2.75, 3.05) is 0 Å². The summed E-state index contributed by atoms with van der Waals surface area (Å²) in [6.07, 6.45) is 2.97. The molecule has 5 heteroatoms. The lowest BCUT2D eigenvalue weighted by Crippen LogP contribution is -2.07. The molecule has 0 radical (unpaired) electrons. The highest BCUT2D eigenvalue weighted by atomic mass is 35.5. The van der Waals surface area contributed by atoms with Crippen LogP contribution in [0.1, 0.15) is 11.0 Å². The van der Waals surface area contributed by atoms with E-state index in [1.165, 1.54) is 11.3 Å². The van der Waals surface area contributed by atoms with Gasteiger partial charge in [-0.05, 0) is 18.2 Å². The Morgan fingerprint density at radius 2 is 2.43 bits per heavy atom. The summed E-state index contributed by atoms with van der Waals surface area (Å²) in [5.74, 6) is 0. The van der Waals surface area contributed by atoms with Crippen LogP contribution in [0.25, 0.3) is 0 Å². The number of nitrogens with zero attached hydrogens (tertiary/aromatic N) is 2. The van der Waals surface area contributed by atoms with E-state index in [9.17, 15) is 5.11 Å². The van der Waals surface area contributed by atoms with Gasteiger partial charge in [0.2, 0.25) is 0 Å². The summed E-state index contributed by atoms with van der Waals surface area (Å²) in [5.41, 5.74) is 0. The predicted molar refractivity (Wildman–Crippen MR) is 56.5 cm³/mol. The molecule has 2 heterocycles. The van der Waals surface area contributed by atoms with Gasteiger partial charge in [0.15, 0.2) is 0 Å². The molecule has 74 valence electrons. The number of aliphatic hydroxyl groups is 1. The molecular weight excluding hydrogens is 220 g/mol. The van der Waals surface area contributed by atoms with Crippen LogP contribution in [0.15, 0.2) is 30.6 Å². The summed E-state index contributed by atoms with van der Waals surface area (Å²) in [6, 6.07) is 5.45. The number of halogens is 1. The first kappa shape index (κ1) is 9.71. The van der Waals surface area contributed by atoms with Gasteiger partial charge in [-0.25, -0.2) is 0 Å². The van der Waals surface area contributed by atoms with Crippen LogP contribution in [0.5, 0.6) is 0 Å². The maximum absolute atomic E-state index is 9.80. The van der Waals surface area contributed by atoms with E-state index in [4.69, 9.17) is 11.6 Å². The van der Waals surface area contributed by atoms with Crippen LogP contribution in [-0.4, -0.2) is 14.9 Å². The fraction of sp³-hybridized carbons (Fsp3) is 0.222. The normalized spacial score (nSPS) is 13.0. The molecule has 3 nitrogen and oxygen atoms in total. The Bertz CT molecular complexity index is 399. The van der Waals surface area contributed by atoms with Crippen molar-refractivity contribution in [2.24, 2.45) is 0 Å². The van der Waals surface area contributed by atoms with Crippen molar-refractivity contribution < 1.29 is 5.11 Å². The third kappa shape index (κ3) is 2.15. The first-order valence-corrected chi connectivity index (χ1v) is 5.36. The summed E-state index contributed by atoms with van der Waals surface area (Å²) in [6.45, 7) is 0.462. The minimum atomic E-state index is -0.535. The van der Waals surface area contributed by atoms with Crippen molar-refractivity contribution in [2.45, 2.75) is 12.6 Å². The minimum Gasteiger partial charge on any atom is -0.386 e. The molecule has 2 rings (SSSR count). The van der Waals surface area contributed by atoms with Gasteiger partial charge in [0, 0.05) is 17.3 Å². The quantitative estimate of drug-likeness (QED) is 0.876. The van der Waals surface area contributed by atoms with Crippen molar-refractivity contribution in [3.05, 3.63) is 39.8 Å². The number of hydrogen-bond acceptors (Lipinski definition) is 3. The highest BCUT2D eigenvalue weighted by Crippen LogP contribution is 2.27. The van der Waals surface area contributed by atoms with Crippen molar-refractivity contribution in [3.63, 3.8) is 0 Å². The van der Waals surface area contributed by atoms with Gasteiger partial charge in [-0.3, -0.25) is 4.68 Å². The van der Waals surface area contributed by atoms with E-state index in [1.54, 1.807) is 16.9 Å². The second-order valence-electron chi connectivity index (χ2n) is 2.89. The molecule has 1 N–H and O–H groups in total. The second-order valence-corrected chi connectivity index (χ2v) is 4.63. The smallest absolute Gasteiger partial charge is 0.108 e. The van der Waals surface area contributed by atoms with Gasteiger partial charge in [0.05, 0.1) is 10.9 Å². The molecule has 0 amide bonds. The topological polar surface area (TPSA) is 38.0 Å². The van der Waals surface area contributed by atoms with Gasteiger partial charge >= 0.3 is 0 Å². The second kappa shape index (κ2) is 4.13. The average Bonchev–Trinajstić information content (AvgIpc) is 2.75. The highest BCUT2D eigenvalue weighted by Gasteiger charge is 2.10. The zero-order chi connectivity index (χ0) is 9.97. The molecule has 2 aromatic rings. The molecule has 2 aromatic heterocycles. The van der Waals surface area contributed by atoms with Crippen LogP contribution < -0.4 is 0 Å². The predicted octanol–water partition coefficient (Wildman–Crippen LogP) is 2.33. The third-order valence-corrected chi connectivity index (χ3v) is 3.17. The van der Waals surface area contributed by atoms with Gasteiger partial charge in [-0.1, -0.05) is 11.6 Å². The van der Waals surface area contributed by atoms with Gasteiger partial charge in [-0.2, -0.15) is 5.10 Å². The molecular formula is C9H9ClN2OS. The SMILES string of the molecule is OC(Cn1cccn1)c1ccc(Cl)s1. The van der Waals surface area contributed by atoms with E-state index in [0.29, 0.717) is 10.9 Å². The zero-order valence-corrected chi connectivity index (χ0v) is 8.87. The van der Waals surface area contributed by atoms with Gasteiger partial charge < -0.3 is 5.11 Å². The van der Waals surface area contributed by atoms with E-state index < -0.39 is 6.10 Å². The van der Waals surface area contributed by atoms with Crippen LogP contribution in [-0.2, 0) is 6.54 Å². The van der Waals surface area contributed by atoms with E-state index >= 15 is 0 Å². The van der Waals surface area contributed by atoms with Crippen LogP contribution in [0, 0.1) is 0 Å². The first-order valence-electron chi connectivity index (χ1n) is 4.16. The number of aromatic nitrogens is 2. The van der Waals surface area contributed by atoms with Crippen LogP contribution in [0.3, 0.4) is 0 Å². The molecule has 0 aliphatic heterocycles. The third-order valence-electron chi connectivity index (χ3n) is 1.84. The summed E-state index contributed by atoms with van der Waals surface area (Å²) in [7, 11) is 0. The van der Waals surface area contributed by atoms with E-state index in [2.05, 4.69) is 5.10 Å². The maximum atomic E-state index is 9.80. The lowest BCUT2D eigenvalue weighted by atomic mass is 10.3. The first-order chi connectivity index (χ1) is 6.75. The Kier molecular flexibility index (Phi) is 2.86. The van der Waals surface area contributed by atoms with Crippen LogP contribution in [0.4, 0.5) is 0 Å². The molecule has 0 aliphatic carbocycles. The summed E-state index contributed by atoms with van der Waals surface area (Å²) < 4.78 is 2.39. The van der Waals surface area contributed by atoms with E-state index in [0.717, 1.165) is 4.88 Å². The molecule has 0 saturated carbocycles. The highest BCUT2D eigenvalue weighted by molar-refractivity contribution is 7.16. The summed E-state index contributed by atoms with van der Waals surface area (Å²) in [4.78, 5) is 0.866. The number of thiophene rings is 1. The average molecular weight is 229 g/mol. The van der Waals surface area contributed by atoms with Crippen molar-refractivity contribution in [1.82, 2.24) is 9.78 Å². The molecule has 1 unspecified atom stereocenters. The van der Waals surface area contributed by atoms with Crippen LogP contribution >= 0.6 is 22.9 Å². The van der Waals surface area contributed by atoms with E-state index in [-0.39, 0.29) is 0 Å². The van der Waals surface area contributed by atoms with Crippen molar-refractivity contribution in [3.8, 4) is 0 Å². The van der Waals surface area contributed by atoms with Crippen molar-refractivity contribution in [1.29, 1.82) is 0 Å². The summed E-state index contributed by atoms with van der Waals surface area (Å²) in [5, 5.41) is 13.8. The molecule has 0 spiro atoms. The van der Waals surface area contributed by atoms with Crippen molar-refractivity contribution >= 4 is 22.9 Å². The Hall–Kier alpha value is -0.840. The number of aliphatic hydroxyl groups excluding tert-OH is 1. The molecule has 0 aliphatic rings. The van der Waals surface area contributed by atoms with E-state index in [1.807, 2.05) is 18.3 Å². The fourth-order valence-corrected chi connectivity index (χ4v) is 2.22. The fourth-order valence-electron chi connectivity index (χ4n) is 1.18. The maximum Gasteiger partial charge on any atom is 0.108 e. The minimum absolute atomic E-state index is 0.462. The lowest BCUT2D eigenvalue weighted by Gasteiger charge is -2.07. The standard InChI is InChI=1S/C9H9ClN2OS/c10-9-3-2-8(14-9)7(13)6-12-5-1-4-11-12/h1-5,7,13H,6H2. The number of hydrogen-bond donors (Lipinski definition) is 1. The zero-order valence-electron chi connectivity index (χ0n) is 7.30. The molecule has 0 aromatic carbocycles. The molecule has 0 saturated heterocycles. The number of rotatable bonds is 3. The monoisotopic (exact) mass is 228 g/mol. The molecule has 14 heavy (non-hydrogen) atoms.